The Kier molecular flexibility index (Phi) is 10.8. The zero-order chi connectivity index (χ0) is 31.1. The lowest BCUT2D eigenvalue weighted by atomic mass is 9.46. The summed E-state index contributed by atoms with van der Waals surface area (Å²) in [6, 6.07) is 15.7. The second kappa shape index (κ2) is 14.8. The number of esters is 1. The molecule has 0 aromatic heterocycles. The number of anilines is 1. The summed E-state index contributed by atoms with van der Waals surface area (Å²) >= 11 is 0. The van der Waals surface area contributed by atoms with Gasteiger partial charge in [0.1, 0.15) is 25.2 Å². The molecule has 3 unspecified atom stereocenters. The average molecular weight is 606 g/mol. The van der Waals surface area contributed by atoms with Crippen molar-refractivity contribution in [2.75, 3.05) is 57.8 Å². The fourth-order valence-corrected chi connectivity index (χ4v) is 7.22. The number of nitrogens with one attached hydrogen (secondary N) is 4. The fraction of sp³-hybridized carbons (Fsp3) is 0.600. The Hall–Kier alpha value is -3.14. The molecular weight excluding hydrogens is 554 g/mol. The highest BCUT2D eigenvalue weighted by Crippen LogP contribution is 2.61. The molecule has 2 aromatic carbocycles. The summed E-state index contributed by atoms with van der Waals surface area (Å²) < 4.78 is 11.4. The normalized spacial score (nSPS) is 25.5. The Morgan fingerprint density at radius 3 is 2.32 bits per heavy atom. The van der Waals surface area contributed by atoms with Crippen molar-refractivity contribution >= 4 is 17.6 Å². The van der Waals surface area contributed by atoms with Crippen LogP contribution in [0.15, 0.2) is 48.5 Å². The monoisotopic (exact) mass is 605 g/mol. The van der Waals surface area contributed by atoms with Gasteiger partial charge in [-0.2, -0.15) is 0 Å². The molecule has 4 N–H and O–H groups in total. The van der Waals surface area contributed by atoms with Crippen LogP contribution in [0.25, 0.3) is 0 Å². The number of likely N-dealkylation sites (N-methyl/N-ethyl adjacent to an activating group) is 1. The van der Waals surface area contributed by atoms with Gasteiger partial charge in [0.15, 0.2) is 0 Å². The summed E-state index contributed by atoms with van der Waals surface area (Å²) in [6.45, 7) is 14.6. The number of carbonyl (C=O) groups is 2. The van der Waals surface area contributed by atoms with Gasteiger partial charge in [-0.3, -0.25) is 20.2 Å². The maximum atomic E-state index is 12.7. The van der Waals surface area contributed by atoms with Gasteiger partial charge in [0.05, 0.1) is 6.61 Å². The van der Waals surface area contributed by atoms with E-state index in [0.717, 1.165) is 62.1 Å². The summed E-state index contributed by atoms with van der Waals surface area (Å²) in [5.41, 5.74) is 3.07. The van der Waals surface area contributed by atoms with E-state index in [4.69, 9.17) is 9.47 Å². The molecule has 9 heteroatoms. The fourth-order valence-electron chi connectivity index (χ4n) is 7.22. The lowest BCUT2D eigenvalue weighted by Gasteiger charge is -2.60. The third-order valence-electron chi connectivity index (χ3n) is 10.4. The first-order chi connectivity index (χ1) is 21.3. The number of fused-ring (bicyclic) bond motifs is 2. The number of nitrogens with zero attached hydrogens (tertiary/aromatic N) is 1. The van der Waals surface area contributed by atoms with Crippen molar-refractivity contribution in [2.24, 2.45) is 23.2 Å². The van der Waals surface area contributed by atoms with Crippen LogP contribution in [0, 0.1) is 23.2 Å². The first-order valence-electron chi connectivity index (χ1n) is 16.5. The number of hydrogen-bond acceptors (Lipinski definition) is 8. The van der Waals surface area contributed by atoms with Gasteiger partial charge in [0.25, 0.3) is 5.91 Å². The van der Waals surface area contributed by atoms with Crippen LogP contribution in [0.3, 0.4) is 0 Å². The van der Waals surface area contributed by atoms with Crippen LogP contribution in [0.1, 0.15) is 68.8 Å². The van der Waals surface area contributed by atoms with Crippen molar-refractivity contribution in [3.05, 3.63) is 59.7 Å². The van der Waals surface area contributed by atoms with E-state index in [2.05, 4.69) is 53.9 Å². The lowest BCUT2D eigenvalue weighted by molar-refractivity contribution is -0.154. The van der Waals surface area contributed by atoms with E-state index in [1.54, 1.807) is 0 Å². The van der Waals surface area contributed by atoms with E-state index in [9.17, 15) is 9.59 Å². The smallest absolute Gasteiger partial charge is 0.325 e. The van der Waals surface area contributed by atoms with Crippen molar-refractivity contribution in [1.82, 2.24) is 20.9 Å². The second-order valence-corrected chi connectivity index (χ2v) is 13.2. The van der Waals surface area contributed by atoms with Gasteiger partial charge in [0.2, 0.25) is 0 Å². The van der Waals surface area contributed by atoms with E-state index in [-0.39, 0.29) is 30.6 Å². The maximum absolute atomic E-state index is 12.7. The third-order valence-corrected chi connectivity index (χ3v) is 10.4. The van der Waals surface area contributed by atoms with Gasteiger partial charge in [-0.15, -0.1) is 0 Å². The van der Waals surface area contributed by atoms with Crippen LogP contribution >= 0.6 is 0 Å². The molecule has 1 heterocycles. The number of ether oxygens (including phenoxy) is 2. The first kappa shape index (κ1) is 32.3. The molecule has 240 valence electrons. The molecule has 3 aliphatic carbocycles. The van der Waals surface area contributed by atoms with Gasteiger partial charge >= 0.3 is 5.97 Å². The molecule has 0 spiro atoms. The number of carbonyl (C=O) groups excluding carboxylic acids is 2. The largest absolute Gasteiger partial charge is 0.492 e. The summed E-state index contributed by atoms with van der Waals surface area (Å²) in [5.74, 6) is 2.43. The van der Waals surface area contributed by atoms with E-state index in [1.807, 2.05) is 48.5 Å². The van der Waals surface area contributed by atoms with E-state index in [1.165, 1.54) is 12.8 Å². The average Bonchev–Trinajstić information content (AvgIpc) is 3.06. The first-order valence-corrected chi connectivity index (χ1v) is 16.5. The van der Waals surface area contributed by atoms with Crippen LogP contribution in [0.4, 0.5) is 5.69 Å². The highest BCUT2D eigenvalue weighted by molar-refractivity contribution is 5.95. The number of rotatable bonds is 14. The second-order valence-electron chi connectivity index (χ2n) is 13.2. The molecule has 2 bridgehead atoms. The zero-order valence-electron chi connectivity index (χ0n) is 26.9. The van der Waals surface area contributed by atoms with E-state index >= 15 is 0 Å². The number of hydrogen-bond donors (Lipinski definition) is 4. The van der Waals surface area contributed by atoms with Gasteiger partial charge in [0, 0.05) is 36.8 Å². The van der Waals surface area contributed by atoms with Crippen LogP contribution in [-0.4, -0.2) is 75.5 Å². The van der Waals surface area contributed by atoms with Gasteiger partial charge in [-0.1, -0.05) is 39.8 Å². The van der Waals surface area contributed by atoms with Crippen LogP contribution in [-0.2, 0) is 9.53 Å². The predicted octanol–water partition coefficient (Wildman–Crippen LogP) is 4.42. The Labute approximate surface area is 262 Å². The molecule has 2 aromatic rings. The standard InChI is InChI=1S/C35H51N5O4/c1-5-40(6-2)17-18-43-30-15-13-29(14-16-30)39-34-37-20-27(21-38-34)24-7-9-25(10-8-24)33(42)36-22-32(41)44-23-26-11-12-28-19-31(26)35(28,3)4/h7-10,13-16,26-28,31,34,37-39H,5-6,11-12,17-23H2,1-4H3,(H,36,42). The highest BCUT2D eigenvalue weighted by Gasteiger charge is 2.54. The molecule has 4 fully saturated rings. The SMILES string of the molecule is CCN(CC)CCOc1ccc(NC2NCC(c3ccc(C(=O)NCC(=O)OCC4CCC5CC4C5(C)C)cc3)CN2)cc1. The van der Waals surface area contributed by atoms with Crippen LogP contribution in [0.2, 0.25) is 0 Å². The van der Waals surface area contributed by atoms with Gasteiger partial charge < -0.3 is 25.0 Å². The molecule has 1 aliphatic heterocycles. The Morgan fingerprint density at radius 2 is 1.68 bits per heavy atom. The summed E-state index contributed by atoms with van der Waals surface area (Å²) in [7, 11) is 0. The highest BCUT2D eigenvalue weighted by atomic mass is 16.5. The molecule has 6 rings (SSSR count). The van der Waals surface area contributed by atoms with Gasteiger partial charge in [-0.05, 0) is 97.5 Å². The molecule has 9 nitrogen and oxygen atoms in total. The van der Waals surface area contributed by atoms with Crippen LogP contribution < -0.4 is 26.0 Å². The topological polar surface area (TPSA) is 104 Å². The predicted molar refractivity (Wildman–Crippen MR) is 174 cm³/mol. The number of amides is 1. The molecular formula is C35H51N5O4. The minimum Gasteiger partial charge on any atom is -0.492 e. The van der Waals surface area contributed by atoms with Crippen molar-refractivity contribution in [1.29, 1.82) is 0 Å². The quantitative estimate of drug-likeness (QED) is 0.235. The van der Waals surface area contributed by atoms with Crippen LogP contribution in [0.5, 0.6) is 5.75 Å². The molecule has 1 saturated heterocycles. The summed E-state index contributed by atoms with van der Waals surface area (Å²) in [5, 5.41) is 13.2. The van der Waals surface area contributed by atoms with Crippen molar-refractivity contribution in [2.45, 2.75) is 59.2 Å². The minimum atomic E-state index is -0.369. The summed E-state index contributed by atoms with van der Waals surface area (Å²) in [4.78, 5) is 27.3. The zero-order valence-corrected chi connectivity index (χ0v) is 26.9. The maximum Gasteiger partial charge on any atom is 0.325 e. The Bertz CT molecular complexity index is 1220. The van der Waals surface area contributed by atoms with Crippen molar-refractivity contribution in [3.63, 3.8) is 0 Å². The summed E-state index contributed by atoms with van der Waals surface area (Å²) in [6.07, 6.45) is 3.58. The van der Waals surface area contributed by atoms with Crippen molar-refractivity contribution < 1.29 is 19.1 Å². The third kappa shape index (κ3) is 7.92. The molecule has 0 radical (unpaired) electrons. The van der Waals surface area contributed by atoms with Gasteiger partial charge in [-0.25, -0.2) is 0 Å². The van der Waals surface area contributed by atoms with E-state index in [0.29, 0.717) is 36.0 Å². The molecule has 3 atom stereocenters. The molecule has 1 amide bonds. The minimum absolute atomic E-state index is 0.0410. The molecule has 3 saturated carbocycles. The van der Waals surface area contributed by atoms with Crippen molar-refractivity contribution in [3.8, 4) is 5.75 Å². The Morgan fingerprint density at radius 1 is 0.977 bits per heavy atom. The lowest BCUT2D eigenvalue weighted by Crippen LogP contribution is -2.55. The Balaban J connectivity index is 0.987. The number of benzene rings is 2. The molecule has 4 aliphatic rings. The van der Waals surface area contributed by atoms with E-state index < -0.39 is 0 Å². The molecule has 44 heavy (non-hydrogen) atoms.